The van der Waals surface area contributed by atoms with E-state index in [1.807, 2.05) is 39.0 Å². The van der Waals surface area contributed by atoms with E-state index in [4.69, 9.17) is 5.73 Å². The van der Waals surface area contributed by atoms with Gasteiger partial charge in [0.25, 0.3) is 10.0 Å². The molecule has 8 nitrogen and oxygen atoms in total. The molecule has 5 N–H and O–H groups in total. The highest BCUT2D eigenvalue weighted by Gasteiger charge is 2.16. The van der Waals surface area contributed by atoms with E-state index in [-0.39, 0.29) is 16.4 Å². The number of aryl methyl sites for hydroxylation is 3. The molecule has 146 valence electrons. The fourth-order valence-electron chi connectivity index (χ4n) is 2.48. The van der Waals surface area contributed by atoms with E-state index >= 15 is 0 Å². The van der Waals surface area contributed by atoms with Crippen LogP contribution in [0, 0.1) is 20.8 Å². The summed E-state index contributed by atoms with van der Waals surface area (Å²) in [6.45, 7) is 5.84. The lowest BCUT2D eigenvalue weighted by atomic mass is 10.1. The topological polar surface area (TPSA) is 122 Å². The number of hydrogen-bond acceptors (Lipinski definition) is 7. The molecule has 0 saturated carbocycles. The second-order valence-electron chi connectivity index (χ2n) is 6.47. The van der Waals surface area contributed by atoms with Crippen LogP contribution in [0.25, 0.3) is 0 Å². The number of nitrogens with zero attached hydrogens (tertiary/aromatic N) is 2. The molecule has 0 aliphatic heterocycles. The van der Waals surface area contributed by atoms with Gasteiger partial charge >= 0.3 is 0 Å². The minimum atomic E-state index is -3.77. The number of rotatable bonds is 6. The minimum Gasteiger partial charge on any atom is -0.393 e. The minimum absolute atomic E-state index is 0.131. The van der Waals surface area contributed by atoms with Gasteiger partial charge in [-0.3, -0.25) is 5.43 Å². The molecule has 3 aromatic rings. The first-order valence-corrected chi connectivity index (χ1v) is 10.0. The van der Waals surface area contributed by atoms with Crippen LogP contribution < -0.4 is 21.3 Å². The van der Waals surface area contributed by atoms with E-state index in [1.54, 1.807) is 12.1 Å². The number of sulfonamides is 1. The van der Waals surface area contributed by atoms with Crippen LogP contribution >= 0.6 is 0 Å². The highest BCUT2D eigenvalue weighted by Crippen LogP contribution is 2.27. The van der Waals surface area contributed by atoms with Gasteiger partial charge in [0.05, 0.1) is 4.90 Å². The number of nitrogen functional groups attached to an aromatic ring is 1. The first kappa shape index (κ1) is 19.6. The van der Waals surface area contributed by atoms with Gasteiger partial charge in [-0.1, -0.05) is 29.8 Å². The van der Waals surface area contributed by atoms with E-state index in [9.17, 15) is 8.42 Å². The van der Waals surface area contributed by atoms with Crippen molar-refractivity contribution in [1.29, 1.82) is 0 Å². The van der Waals surface area contributed by atoms with Gasteiger partial charge in [0.1, 0.15) is 12.0 Å². The molecule has 0 bridgehead atoms. The third-order valence-electron chi connectivity index (χ3n) is 4.17. The fourth-order valence-corrected chi connectivity index (χ4v) is 3.33. The Labute approximate surface area is 164 Å². The van der Waals surface area contributed by atoms with E-state index in [2.05, 4.69) is 25.5 Å². The lowest BCUT2D eigenvalue weighted by molar-refractivity contribution is 0.587. The van der Waals surface area contributed by atoms with Crippen LogP contribution in [-0.4, -0.2) is 18.4 Å². The first-order valence-electron chi connectivity index (χ1n) is 8.55. The van der Waals surface area contributed by atoms with E-state index < -0.39 is 10.0 Å². The van der Waals surface area contributed by atoms with Crippen LogP contribution in [-0.2, 0) is 10.0 Å². The Morgan fingerprint density at radius 3 is 2.25 bits per heavy atom. The summed E-state index contributed by atoms with van der Waals surface area (Å²) in [5, 5.41) is 3.16. The second kappa shape index (κ2) is 7.83. The smallest absolute Gasteiger partial charge is 0.257 e. The zero-order chi connectivity index (χ0) is 20.3. The van der Waals surface area contributed by atoms with Gasteiger partial charge in [-0.15, -0.1) is 4.83 Å². The Kier molecular flexibility index (Phi) is 5.48. The van der Waals surface area contributed by atoms with Gasteiger partial charge in [-0.2, -0.15) is 0 Å². The van der Waals surface area contributed by atoms with Crippen molar-refractivity contribution in [3.05, 3.63) is 65.5 Å². The third kappa shape index (κ3) is 4.38. The molecule has 0 aliphatic rings. The Bertz CT molecular complexity index is 1100. The van der Waals surface area contributed by atoms with Crippen LogP contribution in [0.15, 0.2) is 53.7 Å². The summed E-state index contributed by atoms with van der Waals surface area (Å²) < 4.78 is 24.8. The van der Waals surface area contributed by atoms with E-state index in [0.717, 1.165) is 22.4 Å². The molecule has 0 fully saturated rings. The number of hydrogen-bond donors (Lipinski definition) is 4. The summed E-state index contributed by atoms with van der Waals surface area (Å²) in [6, 6.07) is 12.5. The average Bonchev–Trinajstić information content (AvgIpc) is 2.66. The molecule has 0 unspecified atom stereocenters. The number of nitrogens with two attached hydrogens (primary N) is 1. The highest BCUT2D eigenvalue weighted by atomic mass is 32.2. The lowest BCUT2D eigenvalue weighted by Gasteiger charge is -2.15. The summed E-state index contributed by atoms with van der Waals surface area (Å²) >= 11 is 0. The zero-order valence-corrected chi connectivity index (χ0v) is 16.6. The maximum Gasteiger partial charge on any atom is 0.257 e. The second-order valence-corrected chi connectivity index (χ2v) is 8.15. The molecule has 0 aliphatic carbocycles. The fraction of sp³-hybridized carbons (Fsp3) is 0.158. The molecule has 0 amide bonds. The molecule has 2 aromatic carbocycles. The maximum atomic E-state index is 12.4. The summed E-state index contributed by atoms with van der Waals surface area (Å²) in [5.41, 5.74) is 12.8. The molecular weight excluding hydrogens is 376 g/mol. The molecule has 0 radical (unpaired) electrons. The monoisotopic (exact) mass is 398 g/mol. The maximum absolute atomic E-state index is 12.4. The van der Waals surface area contributed by atoms with Crippen molar-refractivity contribution < 1.29 is 8.42 Å². The summed E-state index contributed by atoms with van der Waals surface area (Å²) in [5.74, 6) is 0.527. The Morgan fingerprint density at radius 2 is 1.54 bits per heavy atom. The Balaban J connectivity index is 1.79. The largest absolute Gasteiger partial charge is 0.393 e. The first-order chi connectivity index (χ1) is 13.3. The predicted molar refractivity (Wildman–Crippen MR) is 111 cm³/mol. The Hall–Kier alpha value is -3.17. The zero-order valence-electron chi connectivity index (χ0n) is 15.8. The van der Waals surface area contributed by atoms with Gasteiger partial charge in [-0.05, 0) is 50.1 Å². The van der Waals surface area contributed by atoms with Gasteiger partial charge in [0, 0.05) is 5.69 Å². The molecule has 0 saturated heterocycles. The predicted octanol–water partition coefficient (Wildman–Crippen LogP) is 3.03. The molecule has 1 aromatic heterocycles. The molecule has 28 heavy (non-hydrogen) atoms. The summed E-state index contributed by atoms with van der Waals surface area (Å²) in [6.07, 6.45) is 1.30. The van der Waals surface area contributed by atoms with Gasteiger partial charge in [0.15, 0.2) is 11.6 Å². The molecule has 3 rings (SSSR count). The number of nitrogens with one attached hydrogen (secondary N) is 3. The standard InChI is InChI=1S/C19H22N6O2S/c1-12-5-8-15(9-6-12)28(26,27)25-24-19-17(20)18(21-11-22-19)23-16-10-13(2)4-7-14(16)3/h4-11,25H,20H2,1-3H3,(H2,21,22,23,24). The van der Waals surface area contributed by atoms with Crippen molar-refractivity contribution in [2.45, 2.75) is 25.7 Å². The number of anilines is 4. The third-order valence-corrected chi connectivity index (χ3v) is 5.43. The number of hydrazine groups is 1. The van der Waals surface area contributed by atoms with Gasteiger partial charge in [-0.25, -0.2) is 18.4 Å². The lowest BCUT2D eigenvalue weighted by Crippen LogP contribution is -2.30. The van der Waals surface area contributed by atoms with E-state index in [0.29, 0.717) is 5.82 Å². The molecule has 0 spiro atoms. The number of aromatic nitrogens is 2. The van der Waals surface area contributed by atoms with E-state index in [1.165, 1.54) is 18.5 Å². The average molecular weight is 398 g/mol. The van der Waals surface area contributed by atoms with Crippen LogP contribution in [0.5, 0.6) is 0 Å². The van der Waals surface area contributed by atoms with Crippen molar-refractivity contribution in [2.75, 3.05) is 16.5 Å². The summed E-state index contributed by atoms with van der Waals surface area (Å²) in [4.78, 5) is 10.6. The van der Waals surface area contributed by atoms with Gasteiger partial charge < -0.3 is 11.1 Å². The SMILES string of the molecule is Cc1ccc(S(=O)(=O)NNc2ncnc(Nc3cc(C)ccc3C)c2N)cc1. The Morgan fingerprint density at radius 1 is 0.893 bits per heavy atom. The van der Waals surface area contributed by atoms with Crippen molar-refractivity contribution in [3.8, 4) is 0 Å². The molecular formula is C19H22N6O2S. The van der Waals surface area contributed by atoms with Crippen molar-refractivity contribution in [1.82, 2.24) is 14.8 Å². The highest BCUT2D eigenvalue weighted by molar-refractivity contribution is 7.89. The summed E-state index contributed by atoms with van der Waals surface area (Å²) in [7, 11) is -3.77. The van der Waals surface area contributed by atoms with Gasteiger partial charge in [0.2, 0.25) is 0 Å². The van der Waals surface area contributed by atoms with Crippen molar-refractivity contribution in [2.24, 2.45) is 0 Å². The van der Waals surface area contributed by atoms with Crippen LogP contribution in [0.1, 0.15) is 16.7 Å². The quantitative estimate of drug-likeness (QED) is 0.471. The van der Waals surface area contributed by atoms with Crippen LogP contribution in [0.3, 0.4) is 0 Å². The van der Waals surface area contributed by atoms with Crippen molar-refractivity contribution in [3.63, 3.8) is 0 Å². The van der Waals surface area contributed by atoms with Crippen LogP contribution in [0.4, 0.5) is 23.0 Å². The molecule has 0 atom stereocenters. The normalized spacial score (nSPS) is 11.2. The molecule has 9 heteroatoms. The number of benzene rings is 2. The molecule has 1 heterocycles. The van der Waals surface area contributed by atoms with Crippen molar-refractivity contribution >= 4 is 33.0 Å². The van der Waals surface area contributed by atoms with Crippen LogP contribution in [0.2, 0.25) is 0 Å².